The van der Waals surface area contributed by atoms with Crippen molar-refractivity contribution in [2.75, 3.05) is 20.3 Å². The Morgan fingerprint density at radius 3 is 2.59 bits per heavy atom. The molecule has 1 fully saturated rings. The molecule has 1 aliphatic carbocycles. The van der Waals surface area contributed by atoms with E-state index in [1.54, 1.807) is 19.2 Å². The van der Waals surface area contributed by atoms with Gasteiger partial charge in [-0.05, 0) is 62.4 Å². The van der Waals surface area contributed by atoms with Crippen LogP contribution < -0.4 is 19.5 Å². The largest absolute Gasteiger partial charge is 0.494 e. The number of carbonyl (C=O) groups excluding carboxylic acids is 1. The zero-order chi connectivity index (χ0) is 18.9. The standard InChI is InChI=1S/C22H27NO4/c1-25-21-16-17(12-13-20(21)27-19-10-5-6-11-19)22(24)23-14-7-15-26-18-8-3-2-4-9-18/h2-4,8-9,12-13,16,19H,5-7,10-11,14-15H2,1H3,(H,23,24). The average Bonchev–Trinajstić information content (AvgIpc) is 3.22. The van der Waals surface area contributed by atoms with Crippen molar-refractivity contribution < 1.29 is 19.0 Å². The van der Waals surface area contributed by atoms with E-state index >= 15 is 0 Å². The van der Waals surface area contributed by atoms with Gasteiger partial charge in [0.1, 0.15) is 5.75 Å². The number of benzene rings is 2. The summed E-state index contributed by atoms with van der Waals surface area (Å²) in [6.45, 7) is 1.11. The molecule has 0 aromatic heterocycles. The number of amides is 1. The predicted molar refractivity (Wildman–Crippen MR) is 105 cm³/mol. The van der Waals surface area contributed by atoms with Crippen LogP contribution in [0.25, 0.3) is 0 Å². The van der Waals surface area contributed by atoms with Crippen LogP contribution in [0, 0.1) is 0 Å². The number of methoxy groups -OCH3 is 1. The second-order valence-corrected chi connectivity index (χ2v) is 6.66. The molecular weight excluding hydrogens is 342 g/mol. The van der Waals surface area contributed by atoms with E-state index in [2.05, 4.69) is 5.32 Å². The van der Waals surface area contributed by atoms with Gasteiger partial charge in [0, 0.05) is 12.1 Å². The fourth-order valence-corrected chi connectivity index (χ4v) is 3.17. The summed E-state index contributed by atoms with van der Waals surface area (Å²) < 4.78 is 17.0. The first-order chi connectivity index (χ1) is 13.3. The molecule has 1 amide bonds. The molecular formula is C22H27NO4. The van der Waals surface area contributed by atoms with Gasteiger partial charge in [0.2, 0.25) is 0 Å². The molecule has 27 heavy (non-hydrogen) atoms. The van der Waals surface area contributed by atoms with Gasteiger partial charge in [0.15, 0.2) is 11.5 Å². The number of hydrogen-bond donors (Lipinski definition) is 1. The highest BCUT2D eigenvalue weighted by Gasteiger charge is 2.19. The van der Waals surface area contributed by atoms with Crippen molar-refractivity contribution >= 4 is 5.91 Å². The first-order valence-corrected chi connectivity index (χ1v) is 9.57. The van der Waals surface area contributed by atoms with Gasteiger partial charge in [-0.3, -0.25) is 4.79 Å². The van der Waals surface area contributed by atoms with Gasteiger partial charge < -0.3 is 19.5 Å². The quantitative estimate of drug-likeness (QED) is 0.673. The molecule has 1 N–H and O–H groups in total. The van der Waals surface area contributed by atoms with E-state index in [-0.39, 0.29) is 12.0 Å². The molecule has 0 unspecified atom stereocenters. The molecule has 0 spiro atoms. The number of nitrogens with one attached hydrogen (secondary N) is 1. The molecule has 1 saturated carbocycles. The maximum Gasteiger partial charge on any atom is 0.251 e. The Morgan fingerprint density at radius 1 is 1.07 bits per heavy atom. The maximum absolute atomic E-state index is 12.4. The first kappa shape index (κ1) is 19.1. The monoisotopic (exact) mass is 369 g/mol. The number of para-hydroxylation sites is 1. The maximum atomic E-state index is 12.4. The average molecular weight is 369 g/mol. The lowest BCUT2D eigenvalue weighted by Gasteiger charge is -2.16. The van der Waals surface area contributed by atoms with Crippen LogP contribution in [0.15, 0.2) is 48.5 Å². The molecule has 5 nitrogen and oxygen atoms in total. The molecule has 0 radical (unpaired) electrons. The number of rotatable bonds is 9. The molecule has 2 aromatic rings. The van der Waals surface area contributed by atoms with Crippen molar-refractivity contribution in [3.8, 4) is 17.2 Å². The fraction of sp³-hybridized carbons (Fsp3) is 0.409. The van der Waals surface area contributed by atoms with Gasteiger partial charge >= 0.3 is 0 Å². The minimum Gasteiger partial charge on any atom is -0.494 e. The fourth-order valence-electron chi connectivity index (χ4n) is 3.17. The summed E-state index contributed by atoms with van der Waals surface area (Å²) in [4.78, 5) is 12.4. The van der Waals surface area contributed by atoms with Crippen LogP contribution >= 0.6 is 0 Å². The Morgan fingerprint density at radius 2 is 1.85 bits per heavy atom. The van der Waals surface area contributed by atoms with Crippen LogP contribution in [0.2, 0.25) is 0 Å². The summed E-state index contributed by atoms with van der Waals surface area (Å²) in [5, 5.41) is 2.91. The minimum atomic E-state index is -0.125. The van der Waals surface area contributed by atoms with Crippen molar-refractivity contribution in [2.24, 2.45) is 0 Å². The van der Waals surface area contributed by atoms with Crippen molar-refractivity contribution in [3.05, 3.63) is 54.1 Å². The summed E-state index contributed by atoms with van der Waals surface area (Å²) in [5.74, 6) is 2.02. The number of carbonyl (C=O) groups is 1. The third kappa shape index (κ3) is 5.64. The third-order valence-corrected chi connectivity index (χ3v) is 4.64. The van der Waals surface area contributed by atoms with Crippen LogP contribution in [0.4, 0.5) is 0 Å². The van der Waals surface area contributed by atoms with Gasteiger partial charge in [-0.1, -0.05) is 18.2 Å². The molecule has 1 aliphatic rings. The molecule has 144 valence electrons. The Bertz CT molecular complexity index is 726. The highest BCUT2D eigenvalue weighted by Crippen LogP contribution is 2.32. The highest BCUT2D eigenvalue weighted by molar-refractivity contribution is 5.94. The Balaban J connectivity index is 1.46. The lowest BCUT2D eigenvalue weighted by molar-refractivity contribution is 0.0951. The summed E-state index contributed by atoms with van der Waals surface area (Å²) in [6.07, 6.45) is 5.57. The Labute approximate surface area is 160 Å². The van der Waals surface area contributed by atoms with Crippen LogP contribution in [0.5, 0.6) is 17.2 Å². The molecule has 0 heterocycles. The van der Waals surface area contributed by atoms with E-state index in [1.807, 2.05) is 36.4 Å². The van der Waals surface area contributed by atoms with Gasteiger partial charge in [0.25, 0.3) is 5.91 Å². The second-order valence-electron chi connectivity index (χ2n) is 6.66. The van der Waals surface area contributed by atoms with Crippen molar-refractivity contribution in [1.82, 2.24) is 5.32 Å². The van der Waals surface area contributed by atoms with E-state index in [9.17, 15) is 4.79 Å². The summed E-state index contributed by atoms with van der Waals surface area (Å²) in [7, 11) is 1.60. The van der Waals surface area contributed by atoms with Gasteiger partial charge in [-0.15, -0.1) is 0 Å². The SMILES string of the molecule is COc1cc(C(=O)NCCCOc2ccccc2)ccc1OC1CCCC1. The molecule has 5 heteroatoms. The zero-order valence-electron chi connectivity index (χ0n) is 15.8. The Hall–Kier alpha value is -2.69. The van der Waals surface area contributed by atoms with E-state index < -0.39 is 0 Å². The van der Waals surface area contributed by atoms with Crippen LogP contribution in [-0.4, -0.2) is 32.3 Å². The number of hydrogen-bond acceptors (Lipinski definition) is 4. The van der Waals surface area contributed by atoms with E-state index in [4.69, 9.17) is 14.2 Å². The van der Waals surface area contributed by atoms with Gasteiger partial charge in [0.05, 0.1) is 19.8 Å². The third-order valence-electron chi connectivity index (χ3n) is 4.64. The van der Waals surface area contributed by atoms with E-state index in [0.29, 0.717) is 30.2 Å². The topological polar surface area (TPSA) is 56.8 Å². The molecule has 2 aromatic carbocycles. The summed E-state index contributed by atoms with van der Waals surface area (Å²) >= 11 is 0. The smallest absolute Gasteiger partial charge is 0.251 e. The summed E-state index contributed by atoms with van der Waals surface area (Å²) in [5.41, 5.74) is 0.564. The minimum absolute atomic E-state index is 0.125. The van der Waals surface area contributed by atoms with Crippen molar-refractivity contribution in [2.45, 2.75) is 38.2 Å². The van der Waals surface area contributed by atoms with E-state index in [0.717, 1.165) is 25.0 Å². The van der Waals surface area contributed by atoms with Crippen molar-refractivity contribution in [1.29, 1.82) is 0 Å². The molecule has 0 aliphatic heterocycles. The van der Waals surface area contributed by atoms with Gasteiger partial charge in [-0.25, -0.2) is 0 Å². The molecule has 0 atom stereocenters. The normalized spacial score (nSPS) is 14.0. The Kier molecular flexibility index (Phi) is 6.97. The number of ether oxygens (including phenoxy) is 3. The first-order valence-electron chi connectivity index (χ1n) is 9.57. The van der Waals surface area contributed by atoms with Crippen molar-refractivity contribution in [3.63, 3.8) is 0 Å². The summed E-state index contributed by atoms with van der Waals surface area (Å²) in [6, 6.07) is 15.0. The lowest BCUT2D eigenvalue weighted by atomic mass is 10.2. The van der Waals surface area contributed by atoms with Crippen LogP contribution in [0.3, 0.4) is 0 Å². The van der Waals surface area contributed by atoms with E-state index in [1.165, 1.54) is 12.8 Å². The highest BCUT2D eigenvalue weighted by atomic mass is 16.5. The molecule has 0 bridgehead atoms. The van der Waals surface area contributed by atoms with Gasteiger partial charge in [-0.2, -0.15) is 0 Å². The zero-order valence-corrected chi connectivity index (χ0v) is 15.8. The molecule has 0 saturated heterocycles. The molecule has 3 rings (SSSR count). The predicted octanol–water partition coefficient (Wildman–Crippen LogP) is 4.22. The second kappa shape index (κ2) is 9.86. The lowest BCUT2D eigenvalue weighted by Crippen LogP contribution is -2.25. The van der Waals surface area contributed by atoms with Crippen LogP contribution in [-0.2, 0) is 0 Å². The van der Waals surface area contributed by atoms with Crippen LogP contribution in [0.1, 0.15) is 42.5 Å².